The molecule has 1 fully saturated rings. The Morgan fingerprint density at radius 2 is 1.63 bits per heavy atom. The van der Waals surface area contributed by atoms with Crippen LogP contribution in [0, 0.1) is 0 Å². The second-order valence-corrected chi connectivity index (χ2v) is 19.5. The first kappa shape index (κ1) is 48.6. The number of tetrazole rings is 1. The first-order valence-corrected chi connectivity index (χ1v) is 24.3. The maximum absolute atomic E-state index is 12.1. The van der Waals surface area contributed by atoms with Gasteiger partial charge in [-0.1, -0.05) is 65.1 Å². The zero-order valence-electron chi connectivity index (χ0n) is 34.1. The number of aromatic carboxylic acids is 1. The van der Waals surface area contributed by atoms with Crippen molar-refractivity contribution in [2.45, 2.75) is 48.6 Å². The molecule has 25 heteroatoms. The number of carbonyl (C=O) groups excluding carboxylic acids is 1. The molecule has 1 amide bonds. The normalized spacial score (nSPS) is 14.2. The molecule has 2 aromatic heterocycles. The zero-order valence-corrected chi connectivity index (χ0v) is 38.8. The van der Waals surface area contributed by atoms with E-state index in [1.54, 1.807) is 47.7 Å². The number of rotatable bonds is 12. The predicted octanol–water partition coefficient (Wildman–Crippen LogP) is 6.82. The van der Waals surface area contributed by atoms with Gasteiger partial charge in [0.15, 0.2) is 5.75 Å². The van der Waals surface area contributed by atoms with Crippen LogP contribution >= 0.6 is 46.1 Å². The summed E-state index contributed by atoms with van der Waals surface area (Å²) in [7, 11) is -8.14. The average Bonchev–Trinajstić information content (AvgIpc) is 4.11. The number of carbonyl (C=O) groups is 2. The van der Waals surface area contributed by atoms with Gasteiger partial charge in [-0.15, -0.1) is 21.5 Å². The molecule has 1 saturated heterocycles. The number of aromatic nitrogens is 4. The highest BCUT2D eigenvalue weighted by atomic mass is 35.5. The van der Waals surface area contributed by atoms with E-state index in [4.69, 9.17) is 55.6 Å². The van der Waals surface area contributed by atoms with E-state index >= 15 is 0 Å². The van der Waals surface area contributed by atoms with Gasteiger partial charge in [0, 0.05) is 35.8 Å². The monoisotopic (exact) mass is 1000 g/mol. The molecule has 0 radical (unpaired) electrons. The molecule has 8 rings (SSSR count). The largest absolute Gasteiger partial charge is 0.478 e. The number of amidine groups is 1. The predicted molar refractivity (Wildman–Crippen MR) is 248 cm³/mol. The summed E-state index contributed by atoms with van der Waals surface area (Å²) in [6.07, 6.45) is 2.05. The van der Waals surface area contributed by atoms with Crippen LogP contribution in [0.15, 0.2) is 105 Å². The smallest absolute Gasteiger partial charge is 0.335 e. The first-order chi connectivity index (χ1) is 30.8. The molecule has 342 valence electrons. The van der Waals surface area contributed by atoms with Gasteiger partial charge in [0.2, 0.25) is 25.9 Å². The van der Waals surface area contributed by atoms with Crippen LogP contribution in [0.25, 0.3) is 11.4 Å². The van der Waals surface area contributed by atoms with E-state index in [0.717, 1.165) is 29.3 Å². The molecule has 0 saturated carbocycles. The van der Waals surface area contributed by atoms with Gasteiger partial charge in [0.25, 0.3) is 5.91 Å². The number of amides is 1. The summed E-state index contributed by atoms with van der Waals surface area (Å²) in [5.74, 6) is -0.267. The van der Waals surface area contributed by atoms with Crippen molar-refractivity contribution in [2.24, 2.45) is 21.1 Å². The summed E-state index contributed by atoms with van der Waals surface area (Å²) in [5, 5.41) is 44.9. The first-order valence-electron chi connectivity index (χ1n) is 19.2. The molecule has 0 spiro atoms. The third-order valence-electron chi connectivity index (χ3n) is 9.61. The van der Waals surface area contributed by atoms with Crippen LogP contribution in [0.4, 0.5) is 11.4 Å². The number of sulfonamides is 2. The van der Waals surface area contributed by atoms with Crippen molar-refractivity contribution >= 4 is 95.3 Å². The van der Waals surface area contributed by atoms with E-state index in [1.165, 1.54) is 23.2 Å². The van der Waals surface area contributed by atoms with Crippen molar-refractivity contribution in [1.82, 2.24) is 25.6 Å². The average molecular weight is 1010 g/mol. The number of hydrazone groups is 1. The molecule has 19 nitrogen and oxygen atoms in total. The van der Waals surface area contributed by atoms with Crippen LogP contribution in [0.1, 0.15) is 53.0 Å². The van der Waals surface area contributed by atoms with Crippen molar-refractivity contribution in [3.8, 4) is 22.9 Å². The number of para-hydroxylation sites is 1. The van der Waals surface area contributed by atoms with Crippen molar-refractivity contribution < 1.29 is 36.3 Å². The number of nitrogens with two attached hydrogens (primary N) is 3. The van der Waals surface area contributed by atoms with Crippen LogP contribution in [-0.4, -0.2) is 78.4 Å². The fraction of sp³-hybridized carbons (Fsp3) is 0.200. The Kier molecular flexibility index (Phi) is 15.7. The highest BCUT2D eigenvalue weighted by Gasteiger charge is 2.29. The van der Waals surface area contributed by atoms with E-state index in [-0.39, 0.29) is 50.3 Å². The molecule has 4 heterocycles. The third kappa shape index (κ3) is 12.5. The van der Waals surface area contributed by atoms with Crippen molar-refractivity contribution in [3.63, 3.8) is 0 Å². The fourth-order valence-corrected chi connectivity index (χ4v) is 9.23. The molecular formula is C40H40Cl3N11O8S3. The lowest BCUT2D eigenvalue weighted by Gasteiger charge is -2.23. The molecule has 0 bridgehead atoms. The summed E-state index contributed by atoms with van der Waals surface area (Å²) in [6, 6.07) is 22.9. The Morgan fingerprint density at radius 3 is 2.20 bits per heavy atom. The number of carboxylic acid groups (broad SMARTS) is 1. The standard InChI is InChI=1S/C17H18N2O5S.C12H11ClN6O2S2.C11H11Cl2N3O/c18-25(22,23)15-11-12(17(20)21)10-14(19-8-4-5-9-19)16(15)24-13-6-2-1-3-7-13;13-9-5-10(15-6-7-2-1-3-22-7)8(12-16-18-19-17-12)4-11(9)23(14,20)21;1-6(16-11(17)5-10(14)15-16)7-2-3-8(12)9(13)4-7/h1-3,6-7,10-11H,4-5,8-9H2,(H,20,21)(H2,18,22,23);1-5,15H,6H2,(H2,14,20,21)(H,16,17,18,19);2-4,6H,5H2,1H3,(H2,14,15). The Morgan fingerprint density at radius 1 is 0.923 bits per heavy atom. The fourth-order valence-electron chi connectivity index (χ4n) is 6.48. The molecule has 4 aromatic carbocycles. The van der Waals surface area contributed by atoms with Crippen molar-refractivity contribution in [2.75, 3.05) is 23.3 Å². The molecule has 0 aliphatic carbocycles. The van der Waals surface area contributed by atoms with Crippen LogP contribution < -0.4 is 31.0 Å². The van der Waals surface area contributed by atoms with Gasteiger partial charge in [0.1, 0.15) is 21.4 Å². The number of aromatic amines is 1. The molecule has 1 atom stereocenters. The number of halogens is 3. The number of H-pyrrole nitrogens is 1. The maximum atomic E-state index is 12.1. The quantitative estimate of drug-likeness (QED) is 0.0733. The number of anilines is 2. The summed E-state index contributed by atoms with van der Waals surface area (Å²) >= 11 is 19.4. The topological polar surface area (TPSA) is 295 Å². The number of benzene rings is 4. The molecule has 2 aliphatic rings. The molecular weight excluding hydrogens is 965 g/mol. The molecule has 2 aliphatic heterocycles. The van der Waals surface area contributed by atoms with Gasteiger partial charge in [-0.05, 0) is 90.5 Å². The highest BCUT2D eigenvalue weighted by molar-refractivity contribution is 7.89. The second-order valence-electron chi connectivity index (χ2n) is 14.2. The lowest BCUT2D eigenvalue weighted by molar-refractivity contribution is -0.130. The Labute approximate surface area is 392 Å². The number of ether oxygens (including phenoxy) is 1. The summed E-state index contributed by atoms with van der Waals surface area (Å²) in [5.41, 5.74) is 7.68. The summed E-state index contributed by atoms with van der Waals surface area (Å²) in [4.78, 5) is 25.5. The molecule has 6 aromatic rings. The van der Waals surface area contributed by atoms with Gasteiger partial charge in [-0.2, -0.15) is 10.3 Å². The Balaban J connectivity index is 0.000000165. The van der Waals surface area contributed by atoms with Gasteiger partial charge in [0.05, 0.1) is 38.8 Å². The minimum absolute atomic E-state index is 0.0217. The lowest BCUT2D eigenvalue weighted by Crippen LogP contribution is -2.24. The van der Waals surface area contributed by atoms with Gasteiger partial charge in [-0.25, -0.2) is 36.9 Å². The van der Waals surface area contributed by atoms with Crippen LogP contribution in [0.5, 0.6) is 11.5 Å². The van der Waals surface area contributed by atoms with E-state index in [2.05, 4.69) is 31.0 Å². The van der Waals surface area contributed by atoms with E-state index in [9.17, 15) is 31.5 Å². The second kappa shape index (κ2) is 21.0. The molecule has 9 N–H and O–H groups in total. The lowest BCUT2D eigenvalue weighted by atomic mass is 10.1. The van der Waals surface area contributed by atoms with E-state index in [0.29, 0.717) is 58.2 Å². The number of carboxylic acids is 1. The summed E-state index contributed by atoms with van der Waals surface area (Å²) in [6.45, 7) is 3.80. The molecule has 65 heavy (non-hydrogen) atoms. The number of nitrogens with zero attached hydrogens (tertiary/aromatic N) is 6. The summed E-state index contributed by atoms with van der Waals surface area (Å²) < 4.78 is 53.2. The number of hydrogen-bond acceptors (Lipinski definition) is 15. The van der Waals surface area contributed by atoms with E-state index in [1.807, 2.05) is 41.5 Å². The maximum Gasteiger partial charge on any atom is 0.335 e. The van der Waals surface area contributed by atoms with Crippen molar-refractivity contribution in [1.29, 1.82) is 0 Å². The van der Waals surface area contributed by atoms with Gasteiger partial charge >= 0.3 is 5.97 Å². The number of primary sulfonamides is 2. The minimum atomic E-state index is -4.18. The minimum Gasteiger partial charge on any atom is -0.478 e. The number of thiophene rings is 1. The number of hydrogen-bond donors (Lipinski definition) is 6. The van der Waals surface area contributed by atoms with Crippen LogP contribution in [0.3, 0.4) is 0 Å². The Hall–Kier alpha value is -5.85. The van der Waals surface area contributed by atoms with E-state index < -0.39 is 26.0 Å². The SMILES string of the molecule is CC(c1ccc(Cl)c(Cl)c1)N1N=C(N)CC1=O.NS(=O)(=O)c1cc(-c2nn[nH]n2)c(NCc2cccs2)cc1Cl.NS(=O)(=O)c1cc(C(=O)O)cc(N2CCCC2)c1Oc1ccccc1. The third-order valence-corrected chi connectivity index (χ3v) is 13.5. The van der Waals surface area contributed by atoms with Crippen molar-refractivity contribution in [3.05, 3.63) is 121 Å². The zero-order chi connectivity index (χ0) is 47.1. The van der Waals surface area contributed by atoms with Crippen LogP contribution in [0.2, 0.25) is 15.1 Å². The molecule has 1 unspecified atom stereocenters. The Bertz CT molecular complexity index is 2920. The van der Waals surface area contributed by atoms with Gasteiger partial charge < -0.3 is 25.8 Å². The highest BCUT2D eigenvalue weighted by Crippen LogP contribution is 2.41. The van der Waals surface area contributed by atoms with Gasteiger partial charge in [-0.3, -0.25) is 4.79 Å². The van der Waals surface area contributed by atoms with Crippen LogP contribution in [-0.2, 0) is 31.4 Å². The number of nitrogens with one attached hydrogen (secondary N) is 2.